The van der Waals surface area contributed by atoms with Gasteiger partial charge in [-0.15, -0.1) is 0 Å². The fourth-order valence-corrected chi connectivity index (χ4v) is 2.82. The summed E-state index contributed by atoms with van der Waals surface area (Å²) in [6, 6.07) is 12.2. The van der Waals surface area contributed by atoms with E-state index in [1.54, 1.807) is 6.07 Å². The first-order valence-electron chi connectivity index (χ1n) is 6.61. The topological polar surface area (TPSA) is 12.0 Å². The highest BCUT2D eigenvalue weighted by molar-refractivity contribution is 6.43. The summed E-state index contributed by atoms with van der Waals surface area (Å²) in [4.78, 5) is 0. The molecule has 0 unspecified atom stereocenters. The third kappa shape index (κ3) is 3.12. The lowest BCUT2D eigenvalue weighted by molar-refractivity contribution is 0.689. The predicted molar refractivity (Wildman–Crippen MR) is 86.8 cm³/mol. The Morgan fingerprint density at radius 3 is 2.55 bits per heavy atom. The van der Waals surface area contributed by atoms with Gasteiger partial charge in [0.25, 0.3) is 0 Å². The second-order valence-electron chi connectivity index (χ2n) is 5.06. The fourth-order valence-electron chi connectivity index (χ4n) is 2.22. The number of hydrogen-bond donors (Lipinski definition) is 1. The molecule has 1 fully saturated rings. The molecular formula is C16H14Cl3N. The van der Waals surface area contributed by atoms with E-state index in [1.807, 2.05) is 30.3 Å². The molecule has 3 rings (SSSR count). The summed E-state index contributed by atoms with van der Waals surface area (Å²) in [5.41, 5.74) is 3.17. The molecule has 0 atom stereocenters. The van der Waals surface area contributed by atoms with Crippen LogP contribution in [0.15, 0.2) is 36.4 Å². The molecule has 4 heteroatoms. The van der Waals surface area contributed by atoms with Gasteiger partial charge in [0.05, 0.1) is 10.0 Å². The summed E-state index contributed by atoms with van der Waals surface area (Å²) in [6.45, 7) is 0.795. The molecule has 0 aliphatic heterocycles. The standard InChI is InChI=1S/C16H14Cl3N/c17-11-4-7-13(10(8-11)9-20-12-5-6-12)14-2-1-3-15(18)16(14)19/h1-4,7-8,12,20H,5-6,9H2. The molecule has 1 saturated carbocycles. The Kier molecular flexibility index (Phi) is 4.23. The average molecular weight is 327 g/mol. The van der Waals surface area contributed by atoms with Crippen LogP contribution in [0.25, 0.3) is 11.1 Å². The lowest BCUT2D eigenvalue weighted by Gasteiger charge is -2.13. The second-order valence-corrected chi connectivity index (χ2v) is 6.28. The second kappa shape index (κ2) is 5.95. The molecule has 1 aliphatic rings. The highest BCUT2D eigenvalue weighted by Gasteiger charge is 2.21. The third-order valence-electron chi connectivity index (χ3n) is 3.47. The van der Waals surface area contributed by atoms with E-state index in [2.05, 4.69) is 5.32 Å². The number of nitrogens with one attached hydrogen (secondary N) is 1. The van der Waals surface area contributed by atoms with E-state index in [-0.39, 0.29) is 0 Å². The van der Waals surface area contributed by atoms with E-state index in [9.17, 15) is 0 Å². The Bertz CT molecular complexity index is 636. The smallest absolute Gasteiger partial charge is 0.0670 e. The monoisotopic (exact) mass is 325 g/mol. The molecule has 20 heavy (non-hydrogen) atoms. The average Bonchev–Trinajstić information content (AvgIpc) is 3.24. The van der Waals surface area contributed by atoms with E-state index in [1.165, 1.54) is 12.8 Å². The summed E-state index contributed by atoms with van der Waals surface area (Å²) in [5, 5.41) is 5.40. The zero-order chi connectivity index (χ0) is 14.1. The van der Waals surface area contributed by atoms with Crippen LogP contribution >= 0.6 is 34.8 Å². The van der Waals surface area contributed by atoms with Crippen LogP contribution in [0.3, 0.4) is 0 Å². The number of benzene rings is 2. The van der Waals surface area contributed by atoms with Crippen molar-refractivity contribution < 1.29 is 0 Å². The lowest BCUT2D eigenvalue weighted by atomic mass is 9.99. The van der Waals surface area contributed by atoms with Crippen molar-refractivity contribution >= 4 is 34.8 Å². The van der Waals surface area contributed by atoms with Crippen molar-refractivity contribution in [3.8, 4) is 11.1 Å². The van der Waals surface area contributed by atoms with Crippen LogP contribution in [-0.4, -0.2) is 6.04 Å². The zero-order valence-corrected chi connectivity index (χ0v) is 13.1. The van der Waals surface area contributed by atoms with Crippen LogP contribution in [0.1, 0.15) is 18.4 Å². The van der Waals surface area contributed by atoms with Crippen molar-refractivity contribution in [3.63, 3.8) is 0 Å². The van der Waals surface area contributed by atoms with Gasteiger partial charge in [0, 0.05) is 23.2 Å². The van der Waals surface area contributed by atoms with E-state index < -0.39 is 0 Å². The summed E-state index contributed by atoms with van der Waals surface area (Å²) in [5.74, 6) is 0. The van der Waals surface area contributed by atoms with Crippen molar-refractivity contribution in [2.45, 2.75) is 25.4 Å². The minimum Gasteiger partial charge on any atom is -0.310 e. The predicted octanol–water partition coefficient (Wildman–Crippen LogP) is 5.57. The van der Waals surface area contributed by atoms with Crippen molar-refractivity contribution in [1.29, 1.82) is 0 Å². The van der Waals surface area contributed by atoms with E-state index in [0.29, 0.717) is 16.1 Å². The first-order chi connectivity index (χ1) is 9.65. The quantitative estimate of drug-likeness (QED) is 0.775. The van der Waals surface area contributed by atoms with Gasteiger partial charge >= 0.3 is 0 Å². The first-order valence-corrected chi connectivity index (χ1v) is 7.75. The van der Waals surface area contributed by atoms with Crippen LogP contribution in [-0.2, 0) is 6.54 Å². The molecule has 1 aliphatic carbocycles. The summed E-state index contributed by atoms with van der Waals surface area (Å²) >= 11 is 18.6. The maximum Gasteiger partial charge on any atom is 0.0670 e. The van der Waals surface area contributed by atoms with Crippen molar-refractivity contribution in [2.24, 2.45) is 0 Å². The van der Waals surface area contributed by atoms with Crippen LogP contribution < -0.4 is 5.32 Å². The van der Waals surface area contributed by atoms with E-state index in [4.69, 9.17) is 34.8 Å². The number of halogens is 3. The van der Waals surface area contributed by atoms with E-state index in [0.717, 1.165) is 28.3 Å². The zero-order valence-electron chi connectivity index (χ0n) is 10.8. The van der Waals surface area contributed by atoms with Gasteiger partial charge < -0.3 is 5.32 Å². The van der Waals surface area contributed by atoms with Gasteiger partial charge in [-0.1, -0.05) is 53.0 Å². The van der Waals surface area contributed by atoms with Crippen LogP contribution in [0.2, 0.25) is 15.1 Å². The molecule has 0 aromatic heterocycles. The van der Waals surface area contributed by atoms with Crippen LogP contribution in [0, 0.1) is 0 Å². The number of rotatable bonds is 4. The third-order valence-corrected chi connectivity index (χ3v) is 4.52. The molecule has 2 aromatic rings. The molecule has 0 bridgehead atoms. The van der Waals surface area contributed by atoms with Gasteiger partial charge in [0.2, 0.25) is 0 Å². The summed E-state index contributed by atoms with van der Waals surface area (Å²) < 4.78 is 0. The molecule has 0 radical (unpaired) electrons. The minimum absolute atomic E-state index is 0.570. The van der Waals surface area contributed by atoms with Crippen LogP contribution in [0.5, 0.6) is 0 Å². The largest absolute Gasteiger partial charge is 0.310 e. The van der Waals surface area contributed by atoms with Gasteiger partial charge in [-0.2, -0.15) is 0 Å². The number of hydrogen-bond acceptors (Lipinski definition) is 1. The molecule has 0 heterocycles. The Morgan fingerprint density at radius 2 is 1.80 bits per heavy atom. The lowest BCUT2D eigenvalue weighted by Crippen LogP contribution is -2.15. The normalized spacial score (nSPS) is 14.6. The molecule has 2 aromatic carbocycles. The van der Waals surface area contributed by atoms with Gasteiger partial charge in [0.1, 0.15) is 0 Å². The van der Waals surface area contributed by atoms with E-state index >= 15 is 0 Å². The molecule has 0 saturated heterocycles. The maximum atomic E-state index is 6.33. The Labute approximate surface area is 133 Å². The summed E-state index contributed by atoms with van der Waals surface area (Å²) in [6.07, 6.45) is 2.52. The molecular weight excluding hydrogens is 313 g/mol. The highest BCUT2D eigenvalue weighted by atomic mass is 35.5. The fraction of sp³-hybridized carbons (Fsp3) is 0.250. The van der Waals surface area contributed by atoms with Gasteiger partial charge in [-0.05, 0) is 42.2 Å². The van der Waals surface area contributed by atoms with Crippen molar-refractivity contribution in [3.05, 3.63) is 57.0 Å². The molecule has 1 N–H and O–H groups in total. The SMILES string of the molecule is Clc1ccc(-c2cccc(Cl)c2Cl)c(CNC2CC2)c1. The summed E-state index contributed by atoms with van der Waals surface area (Å²) in [7, 11) is 0. The molecule has 0 amide bonds. The van der Waals surface area contributed by atoms with Crippen molar-refractivity contribution in [1.82, 2.24) is 5.32 Å². The van der Waals surface area contributed by atoms with Crippen LogP contribution in [0.4, 0.5) is 0 Å². The highest BCUT2D eigenvalue weighted by Crippen LogP contribution is 2.36. The molecule has 104 valence electrons. The first kappa shape index (κ1) is 14.2. The Morgan fingerprint density at radius 1 is 1.00 bits per heavy atom. The van der Waals surface area contributed by atoms with Crippen molar-refractivity contribution in [2.75, 3.05) is 0 Å². The molecule has 0 spiro atoms. The van der Waals surface area contributed by atoms with Gasteiger partial charge in [0.15, 0.2) is 0 Å². The van der Waals surface area contributed by atoms with Gasteiger partial charge in [-0.3, -0.25) is 0 Å². The van der Waals surface area contributed by atoms with Gasteiger partial charge in [-0.25, -0.2) is 0 Å². The Hall–Kier alpha value is -0.730. The Balaban J connectivity index is 2.00. The molecule has 1 nitrogen and oxygen atoms in total. The maximum absolute atomic E-state index is 6.33. The minimum atomic E-state index is 0.570.